The number of nitrogens with zero attached hydrogens (tertiary/aromatic N) is 1. The molecule has 1 atom stereocenters. The highest BCUT2D eigenvalue weighted by Crippen LogP contribution is 2.22. The molecule has 1 aromatic rings. The zero-order valence-electron chi connectivity index (χ0n) is 8.37. The predicted octanol–water partition coefficient (Wildman–Crippen LogP) is 1.64. The van der Waals surface area contributed by atoms with Crippen LogP contribution in [-0.2, 0) is 4.79 Å². The van der Waals surface area contributed by atoms with E-state index in [9.17, 15) is 9.90 Å². The van der Waals surface area contributed by atoms with Gasteiger partial charge >= 0.3 is 5.97 Å². The van der Waals surface area contributed by atoms with E-state index in [1.165, 1.54) is 19.2 Å². The van der Waals surface area contributed by atoms with Gasteiger partial charge in [-0.15, -0.1) is 0 Å². The summed E-state index contributed by atoms with van der Waals surface area (Å²) in [5.41, 5.74) is -1.88. The average Bonchev–Trinajstić information content (AvgIpc) is 2.16. The van der Waals surface area contributed by atoms with Gasteiger partial charge in [-0.05, 0) is 13.0 Å². The molecule has 0 spiro atoms. The molecule has 0 amide bonds. The summed E-state index contributed by atoms with van der Waals surface area (Å²) in [6.07, 6.45) is 1.37. The van der Waals surface area contributed by atoms with Gasteiger partial charge in [0.2, 0.25) is 0 Å². The first-order valence-corrected chi connectivity index (χ1v) is 5.09. The first-order valence-electron chi connectivity index (χ1n) is 4.33. The topological polar surface area (TPSA) is 82.5 Å². The fraction of sp³-hybridized carbons (Fsp3) is 0.333. The van der Waals surface area contributed by atoms with Gasteiger partial charge in [-0.3, -0.25) is 0 Å². The Morgan fingerprint density at radius 1 is 1.62 bits per heavy atom. The Morgan fingerprint density at radius 3 is 2.75 bits per heavy atom. The molecular formula is C9H10Cl2N2O3. The molecule has 16 heavy (non-hydrogen) atoms. The number of halogens is 2. The number of pyridine rings is 1. The standard InChI is InChI=1S/C9H10Cl2N2O3/c1-9(16,8(14)15)4-13-7-6(11)2-5(10)3-12-7/h2-3,16H,4H2,1H3,(H,12,13)(H,14,15). The molecule has 7 heteroatoms. The van der Waals surface area contributed by atoms with Gasteiger partial charge in [0.25, 0.3) is 0 Å². The molecule has 0 saturated heterocycles. The molecule has 1 unspecified atom stereocenters. The lowest BCUT2D eigenvalue weighted by molar-refractivity contribution is -0.155. The van der Waals surface area contributed by atoms with Crippen LogP contribution in [0.15, 0.2) is 12.3 Å². The third kappa shape index (κ3) is 3.23. The van der Waals surface area contributed by atoms with E-state index in [1.807, 2.05) is 0 Å². The van der Waals surface area contributed by atoms with E-state index in [2.05, 4.69) is 10.3 Å². The van der Waals surface area contributed by atoms with E-state index < -0.39 is 11.6 Å². The number of nitrogens with one attached hydrogen (secondary N) is 1. The highest BCUT2D eigenvalue weighted by Gasteiger charge is 2.29. The number of rotatable bonds is 4. The van der Waals surface area contributed by atoms with E-state index in [0.717, 1.165) is 0 Å². The molecule has 0 aliphatic carbocycles. The van der Waals surface area contributed by atoms with Gasteiger partial charge in [0.1, 0.15) is 5.82 Å². The van der Waals surface area contributed by atoms with E-state index in [1.54, 1.807) is 0 Å². The summed E-state index contributed by atoms with van der Waals surface area (Å²) in [7, 11) is 0. The van der Waals surface area contributed by atoms with Crippen molar-refractivity contribution in [2.24, 2.45) is 0 Å². The molecule has 0 aliphatic heterocycles. The Kier molecular flexibility index (Phi) is 3.96. The van der Waals surface area contributed by atoms with Gasteiger partial charge in [-0.25, -0.2) is 9.78 Å². The highest BCUT2D eigenvalue weighted by atomic mass is 35.5. The Bertz CT molecular complexity index is 410. The third-order valence-electron chi connectivity index (χ3n) is 1.87. The second-order valence-electron chi connectivity index (χ2n) is 3.42. The SMILES string of the molecule is CC(O)(CNc1ncc(Cl)cc1Cl)C(=O)O. The fourth-order valence-corrected chi connectivity index (χ4v) is 1.32. The number of carbonyl (C=O) groups is 1. The molecule has 0 aliphatic rings. The van der Waals surface area contributed by atoms with Crippen LogP contribution in [-0.4, -0.2) is 33.3 Å². The van der Waals surface area contributed by atoms with E-state index >= 15 is 0 Å². The van der Waals surface area contributed by atoms with Gasteiger partial charge in [0, 0.05) is 6.20 Å². The first-order chi connectivity index (χ1) is 7.33. The summed E-state index contributed by atoms with van der Waals surface area (Å²) in [5, 5.41) is 21.4. The summed E-state index contributed by atoms with van der Waals surface area (Å²) in [6.45, 7) is 0.961. The van der Waals surface area contributed by atoms with Crippen LogP contribution in [0, 0.1) is 0 Å². The Morgan fingerprint density at radius 2 is 2.25 bits per heavy atom. The van der Waals surface area contributed by atoms with Crippen LogP contribution in [0.5, 0.6) is 0 Å². The molecule has 0 bridgehead atoms. The van der Waals surface area contributed by atoms with Crippen molar-refractivity contribution < 1.29 is 15.0 Å². The van der Waals surface area contributed by atoms with E-state index in [4.69, 9.17) is 28.3 Å². The molecule has 1 aromatic heterocycles. The predicted molar refractivity (Wildman–Crippen MR) is 61.0 cm³/mol. The zero-order valence-corrected chi connectivity index (χ0v) is 9.88. The summed E-state index contributed by atoms with van der Waals surface area (Å²) < 4.78 is 0. The lowest BCUT2D eigenvalue weighted by Gasteiger charge is -2.18. The Balaban J connectivity index is 2.72. The molecule has 0 saturated carbocycles. The van der Waals surface area contributed by atoms with Crippen molar-refractivity contribution in [1.82, 2.24) is 4.98 Å². The van der Waals surface area contributed by atoms with Crippen molar-refractivity contribution in [1.29, 1.82) is 0 Å². The lowest BCUT2D eigenvalue weighted by atomic mass is 10.1. The van der Waals surface area contributed by atoms with E-state index in [0.29, 0.717) is 5.02 Å². The Hall–Kier alpha value is -1.04. The number of carboxylic acid groups (broad SMARTS) is 1. The summed E-state index contributed by atoms with van der Waals surface area (Å²) in [4.78, 5) is 14.5. The van der Waals surface area contributed by atoms with Crippen LogP contribution in [0.3, 0.4) is 0 Å². The first kappa shape index (κ1) is 13.0. The number of hydrogen-bond donors (Lipinski definition) is 3. The maximum atomic E-state index is 10.6. The summed E-state index contributed by atoms with van der Waals surface area (Å²) >= 11 is 11.4. The van der Waals surface area contributed by atoms with Gasteiger partial charge in [0.05, 0.1) is 16.6 Å². The Labute approximate surface area is 102 Å². The van der Waals surface area contributed by atoms with Gasteiger partial charge in [-0.1, -0.05) is 23.2 Å². The number of aliphatic carboxylic acids is 1. The van der Waals surface area contributed by atoms with E-state index in [-0.39, 0.29) is 17.4 Å². The number of aromatic nitrogens is 1. The molecule has 0 radical (unpaired) electrons. The second-order valence-corrected chi connectivity index (χ2v) is 4.26. The minimum Gasteiger partial charge on any atom is -0.479 e. The molecule has 1 heterocycles. The normalized spacial score (nSPS) is 14.2. The zero-order chi connectivity index (χ0) is 12.3. The molecule has 0 fully saturated rings. The average molecular weight is 265 g/mol. The van der Waals surface area contributed by atoms with Crippen LogP contribution in [0.1, 0.15) is 6.92 Å². The minimum atomic E-state index is -1.88. The van der Waals surface area contributed by atoms with Gasteiger partial charge in [-0.2, -0.15) is 0 Å². The van der Waals surface area contributed by atoms with Crippen molar-refractivity contribution in [2.45, 2.75) is 12.5 Å². The summed E-state index contributed by atoms with van der Waals surface area (Å²) in [5.74, 6) is -1.06. The molecular weight excluding hydrogens is 255 g/mol. The maximum Gasteiger partial charge on any atom is 0.337 e. The van der Waals surface area contributed by atoms with Crippen LogP contribution in [0.2, 0.25) is 10.0 Å². The highest BCUT2D eigenvalue weighted by molar-refractivity contribution is 6.35. The second kappa shape index (κ2) is 4.86. The minimum absolute atomic E-state index is 0.212. The number of carboxylic acids is 1. The smallest absolute Gasteiger partial charge is 0.337 e. The molecule has 88 valence electrons. The number of aliphatic hydroxyl groups is 1. The van der Waals surface area contributed by atoms with Crippen molar-refractivity contribution >= 4 is 35.0 Å². The van der Waals surface area contributed by atoms with Crippen LogP contribution >= 0.6 is 23.2 Å². The van der Waals surface area contributed by atoms with Crippen LogP contribution in [0.25, 0.3) is 0 Å². The quantitative estimate of drug-likeness (QED) is 0.770. The molecule has 1 rings (SSSR count). The van der Waals surface area contributed by atoms with Crippen LogP contribution < -0.4 is 5.32 Å². The largest absolute Gasteiger partial charge is 0.479 e. The van der Waals surface area contributed by atoms with Crippen molar-refractivity contribution in [2.75, 3.05) is 11.9 Å². The maximum absolute atomic E-state index is 10.6. The van der Waals surface area contributed by atoms with Crippen molar-refractivity contribution in [3.63, 3.8) is 0 Å². The molecule has 0 aromatic carbocycles. The lowest BCUT2D eigenvalue weighted by Crippen LogP contribution is -2.42. The molecule has 3 N–H and O–H groups in total. The van der Waals surface area contributed by atoms with Gasteiger partial charge in [0.15, 0.2) is 5.60 Å². The third-order valence-corrected chi connectivity index (χ3v) is 2.36. The number of anilines is 1. The van der Waals surface area contributed by atoms with Crippen LogP contribution in [0.4, 0.5) is 5.82 Å². The molecule has 5 nitrogen and oxygen atoms in total. The van der Waals surface area contributed by atoms with Crippen molar-refractivity contribution in [3.05, 3.63) is 22.3 Å². The monoisotopic (exact) mass is 264 g/mol. The van der Waals surface area contributed by atoms with Crippen molar-refractivity contribution in [3.8, 4) is 0 Å². The van der Waals surface area contributed by atoms with Gasteiger partial charge < -0.3 is 15.5 Å². The summed E-state index contributed by atoms with van der Waals surface area (Å²) in [6, 6.07) is 1.47. The number of hydrogen-bond acceptors (Lipinski definition) is 4. The fourth-order valence-electron chi connectivity index (χ4n) is 0.876.